The fourth-order valence-electron chi connectivity index (χ4n) is 1.26. The first kappa shape index (κ1) is 11.3. The average Bonchev–Trinajstić information content (AvgIpc) is 2.18. The lowest BCUT2D eigenvalue weighted by molar-refractivity contribution is 0.0986. The minimum Gasteiger partial charge on any atom is -0.504 e. The van der Waals surface area contributed by atoms with E-state index in [4.69, 9.17) is 16.2 Å². The largest absolute Gasteiger partial charge is 0.504 e. The minimum atomic E-state index is -0.159. The Labute approximate surface area is 87.6 Å². The molecule has 15 heavy (non-hydrogen) atoms. The SMILES string of the molecule is COc1cc(C(=O)CCN)c(N)cc1O. The molecule has 0 unspecified atom stereocenters. The van der Waals surface area contributed by atoms with Crippen LogP contribution in [0.25, 0.3) is 0 Å². The fraction of sp³-hybridized carbons (Fsp3) is 0.300. The number of ether oxygens (including phenoxy) is 1. The summed E-state index contributed by atoms with van der Waals surface area (Å²) in [6.45, 7) is 0.265. The molecule has 0 aromatic heterocycles. The molecule has 5 heteroatoms. The van der Waals surface area contributed by atoms with Gasteiger partial charge in [-0.3, -0.25) is 4.79 Å². The Morgan fingerprint density at radius 1 is 1.53 bits per heavy atom. The highest BCUT2D eigenvalue weighted by atomic mass is 16.5. The van der Waals surface area contributed by atoms with Gasteiger partial charge in [-0.25, -0.2) is 0 Å². The van der Waals surface area contributed by atoms with Gasteiger partial charge in [-0.05, 0) is 12.6 Å². The summed E-state index contributed by atoms with van der Waals surface area (Å²) in [6.07, 6.45) is 0.220. The molecular weight excluding hydrogens is 196 g/mol. The van der Waals surface area contributed by atoms with E-state index in [0.29, 0.717) is 5.56 Å². The molecule has 5 nitrogen and oxygen atoms in total. The zero-order valence-corrected chi connectivity index (χ0v) is 8.49. The molecule has 0 amide bonds. The van der Waals surface area contributed by atoms with Crippen molar-refractivity contribution in [1.29, 1.82) is 0 Å². The van der Waals surface area contributed by atoms with Crippen LogP contribution >= 0.6 is 0 Å². The number of methoxy groups -OCH3 is 1. The van der Waals surface area contributed by atoms with Crippen LogP contribution in [-0.2, 0) is 0 Å². The molecule has 1 aromatic rings. The predicted molar refractivity (Wildman–Crippen MR) is 57.1 cm³/mol. The molecule has 0 aliphatic carbocycles. The highest BCUT2D eigenvalue weighted by molar-refractivity contribution is 6.01. The summed E-state index contributed by atoms with van der Waals surface area (Å²) in [5.41, 5.74) is 11.4. The number of aromatic hydroxyl groups is 1. The van der Waals surface area contributed by atoms with Crippen molar-refractivity contribution in [2.75, 3.05) is 19.4 Å². The molecule has 1 rings (SSSR count). The lowest BCUT2D eigenvalue weighted by atomic mass is 10.1. The number of rotatable bonds is 4. The van der Waals surface area contributed by atoms with E-state index in [9.17, 15) is 9.90 Å². The van der Waals surface area contributed by atoms with E-state index in [0.717, 1.165) is 0 Å². The molecule has 0 fully saturated rings. The normalized spacial score (nSPS) is 10.0. The number of hydrogen-bond donors (Lipinski definition) is 3. The van der Waals surface area contributed by atoms with Crippen molar-refractivity contribution < 1.29 is 14.6 Å². The lowest BCUT2D eigenvalue weighted by Crippen LogP contribution is -2.10. The quantitative estimate of drug-likeness (QED) is 0.497. The van der Waals surface area contributed by atoms with Crippen LogP contribution in [0.15, 0.2) is 12.1 Å². The Hall–Kier alpha value is -1.75. The molecule has 0 aliphatic rings. The van der Waals surface area contributed by atoms with Gasteiger partial charge in [0.25, 0.3) is 0 Å². The van der Waals surface area contributed by atoms with Crippen LogP contribution < -0.4 is 16.2 Å². The maximum absolute atomic E-state index is 11.5. The number of phenols is 1. The standard InChI is InChI=1S/C10H14N2O3/c1-15-10-4-6(8(13)2-3-11)7(12)5-9(10)14/h4-5,14H,2-3,11-12H2,1H3. The number of nitrogens with two attached hydrogens (primary N) is 2. The summed E-state index contributed by atoms with van der Waals surface area (Å²) < 4.78 is 4.88. The van der Waals surface area contributed by atoms with Crippen LogP contribution in [0, 0.1) is 0 Å². The Balaban J connectivity index is 3.12. The van der Waals surface area contributed by atoms with Gasteiger partial charge in [0.2, 0.25) is 0 Å². The first-order valence-corrected chi connectivity index (χ1v) is 4.50. The van der Waals surface area contributed by atoms with Crippen LogP contribution in [-0.4, -0.2) is 24.5 Å². The number of ketones is 1. The lowest BCUT2D eigenvalue weighted by Gasteiger charge is -2.08. The molecule has 0 aliphatic heterocycles. The number of nitrogen functional groups attached to an aromatic ring is 1. The van der Waals surface area contributed by atoms with Crippen LogP contribution in [0.2, 0.25) is 0 Å². The molecule has 5 N–H and O–H groups in total. The van der Waals surface area contributed by atoms with Crippen molar-refractivity contribution in [2.45, 2.75) is 6.42 Å². The van der Waals surface area contributed by atoms with Gasteiger partial charge in [0.15, 0.2) is 17.3 Å². The Kier molecular flexibility index (Phi) is 3.51. The summed E-state index contributed by atoms with van der Waals surface area (Å²) >= 11 is 0. The maximum atomic E-state index is 11.5. The maximum Gasteiger partial charge on any atom is 0.166 e. The third-order valence-corrected chi connectivity index (χ3v) is 2.02. The summed E-state index contributed by atoms with van der Waals surface area (Å²) in [6, 6.07) is 2.71. The van der Waals surface area contributed by atoms with Crippen molar-refractivity contribution in [3.8, 4) is 11.5 Å². The zero-order chi connectivity index (χ0) is 11.4. The third-order valence-electron chi connectivity index (χ3n) is 2.02. The van der Waals surface area contributed by atoms with E-state index in [1.807, 2.05) is 0 Å². The highest BCUT2D eigenvalue weighted by Crippen LogP contribution is 2.31. The van der Waals surface area contributed by atoms with Gasteiger partial charge in [-0.1, -0.05) is 0 Å². The second kappa shape index (κ2) is 4.65. The van der Waals surface area contributed by atoms with Gasteiger partial charge in [0.05, 0.1) is 7.11 Å². The molecule has 0 spiro atoms. The van der Waals surface area contributed by atoms with E-state index in [1.165, 1.54) is 19.2 Å². The van der Waals surface area contributed by atoms with Crippen molar-refractivity contribution in [1.82, 2.24) is 0 Å². The van der Waals surface area contributed by atoms with E-state index >= 15 is 0 Å². The van der Waals surface area contributed by atoms with Gasteiger partial charge in [0.1, 0.15) is 0 Å². The van der Waals surface area contributed by atoms with E-state index < -0.39 is 0 Å². The van der Waals surface area contributed by atoms with Crippen LogP contribution in [0.1, 0.15) is 16.8 Å². The van der Waals surface area contributed by atoms with Crippen molar-refractivity contribution in [3.63, 3.8) is 0 Å². The summed E-state index contributed by atoms with van der Waals surface area (Å²) in [4.78, 5) is 11.5. The molecule has 0 atom stereocenters. The molecule has 0 saturated carbocycles. The van der Waals surface area contributed by atoms with Crippen molar-refractivity contribution in [2.24, 2.45) is 5.73 Å². The second-order valence-electron chi connectivity index (χ2n) is 3.07. The second-order valence-corrected chi connectivity index (χ2v) is 3.07. The Bertz CT molecular complexity index is 377. The van der Waals surface area contributed by atoms with E-state index in [-0.39, 0.29) is 35.9 Å². The van der Waals surface area contributed by atoms with Gasteiger partial charge in [0, 0.05) is 23.7 Å². The van der Waals surface area contributed by atoms with Crippen LogP contribution in [0.4, 0.5) is 5.69 Å². The first-order valence-electron chi connectivity index (χ1n) is 4.50. The summed E-state index contributed by atoms with van der Waals surface area (Å²) in [5.74, 6) is -0.0165. The molecule has 0 bridgehead atoms. The van der Waals surface area contributed by atoms with E-state index in [1.54, 1.807) is 0 Å². The summed E-state index contributed by atoms with van der Waals surface area (Å²) in [5, 5.41) is 9.39. The van der Waals surface area contributed by atoms with Gasteiger partial charge < -0.3 is 21.3 Å². The number of anilines is 1. The number of carbonyl (C=O) groups excluding carboxylic acids is 1. The fourth-order valence-corrected chi connectivity index (χ4v) is 1.26. The minimum absolute atomic E-state index is 0.0840. The topological polar surface area (TPSA) is 98.6 Å². The highest BCUT2D eigenvalue weighted by Gasteiger charge is 2.13. The number of phenolic OH excluding ortho intramolecular Hbond substituents is 1. The monoisotopic (exact) mass is 210 g/mol. The number of Topliss-reactive ketones (excluding diaryl/α,β-unsaturated/α-hetero) is 1. The van der Waals surface area contributed by atoms with Crippen LogP contribution in [0.5, 0.6) is 11.5 Å². The number of hydrogen-bond acceptors (Lipinski definition) is 5. The van der Waals surface area contributed by atoms with E-state index in [2.05, 4.69) is 0 Å². The zero-order valence-electron chi connectivity index (χ0n) is 8.49. The number of carbonyl (C=O) groups is 1. The Morgan fingerprint density at radius 2 is 2.20 bits per heavy atom. The van der Waals surface area contributed by atoms with Gasteiger partial charge in [-0.15, -0.1) is 0 Å². The molecule has 0 heterocycles. The number of benzene rings is 1. The average molecular weight is 210 g/mol. The van der Waals surface area contributed by atoms with Gasteiger partial charge >= 0.3 is 0 Å². The third kappa shape index (κ3) is 2.38. The molecule has 0 saturated heterocycles. The van der Waals surface area contributed by atoms with Gasteiger partial charge in [-0.2, -0.15) is 0 Å². The summed E-state index contributed by atoms with van der Waals surface area (Å²) in [7, 11) is 1.41. The molecule has 82 valence electrons. The molecule has 0 radical (unpaired) electrons. The van der Waals surface area contributed by atoms with Crippen molar-refractivity contribution >= 4 is 11.5 Å². The first-order chi connectivity index (χ1) is 7.10. The van der Waals surface area contributed by atoms with Crippen LogP contribution in [0.3, 0.4) is 0 Å². The Morgan fingerprint density at radius 3 is 2.73 bits per heavy atom. The molecular formula is C10H14N2O3. The smallest absolute Gasteiger partial charge is 0.166 e. The van der Waals surface area contributed by atoms with Crippen molar-refractivity contribution in [3.05, 3.63) is 17.7 Å². The molecule has 1 aromatic carbocycles. The predicted octanol–water partition coefficient (Wildman–Crippen LogP) is 0.514.